The van der Waals surface area contributed by atoms with Gasteiger partial charge in [0.2, 0.25) is 5.78 Å². The van der Waals surface area contributed by atoms with Crippen molar-refractivity contribution in [3.8, 4) is 11.5 Å². The van der Waals surface area contributed by atoms with E-state index >= 15 is 0 Å². The summed E-state index contributed by atoms with van der Waals surface area (Å²) in [5, 5.41) is 0. The van der Waals surface area contributed by atoms with E-state index in [0.29, 0.717) is 17.9 Å². The molecule has 0 unspecified atom stereocenters. The molecule has 0 aromatic heterocycles. The molecule has 1 heterocycles. The van der Waals surface area contributed by atoms with Crippen molar-refractivity contribution in [1.82, 2.24) is 4.90 Å². The van der Waals surface area contributed by atoms with E-state index in [4.69, 9.17) is 9.47 Å². The first-order chi connectivity index (χ1) is 8.74. The molecule has 0 saturated heterocycles. The molecule has 98 valence electrons. The third-order valence-electron chi connectivity index (χ3n) is 3.18. The molecule has 0 N–H and O–H groups in total. The van der Waals surface area contributed by atoms with Crippen molar-refractivity contribution in [3.63, 3.8) is 0 Å². The second kappa shape index (κ2) is 5.87. The molecule has 4 heteroatoms. The van der Waals surface area contributed by atoms with Crippen LogP contribution in [0.2, 0.25) is 0 Å². The number of ketones is 1. The molecule has 1 aromatic rings. The first-order valence-corrected chi connectivity index (χ1v) is 6.39. The van der Waals surface area contributed by atoms with E-state index in [2.05, 4.69) is 18.7 Å². The van der Waals surface area contributed by atoms with Crippen LogP contribution in [0.5, 0.6) is 11.5 Å². The Labute approximate surface area is 107 Å². The molecule has 0 bridgehead atoms. The second-order valence-electron chi connectivity index (χ2n) is 4.25. The van der Waals surface area contributed by atoms with E-state index in [1.54, 1.807) is 12.1 Å². The van der Waals surface area contributed by atoms with E-state index in [9.17, 15) is 4.79 Å². The fourth-order valence-corrected chi connectivity index (χ4v) is 2.00. The molecule has 0 spiro atoms. The summed E-state index contributed by atoms with van der Waals surface area (Å²) >= 11 is 0. The van der Waals surface area contributed by atoms with Gasteiger partial charge >= 0.3 is 0 Å². The first kappa shape index (κ1) is 12.9. The molecule has 4 nitrogen and oxygen atoms in total. The zero-order chi connectivity index (χ0) is 13.0. The molecule has 0 radical (unpaired) electrons. The van der Waals surface area contributed by atoms with Gasteiger partial charge in [-0.1, -0.05) is 13.8 Å². The largest absolute Gasteiger partial charge is 0.492 e. The van der Waals surface area contributed by atoms with Gasteiger partial charge in [-0.05, 0) is 25.2 Å². The summed E-state index contributed by atoms with van der Waals surface area (Å²) in [5.41, 5.74) is 0.658. The van der Waals surface area contributed by atoms with Crippen LogP contribution in [0.3, 0.4) is 0 Å². The molecule has 2 rings (SSSR count). The molecule has 1 aliphatic heterocycles. The highest BCUT2D eigenvalue weighted by atomic mass is 16.5. The van der Waals surface area contributed by atoms with Crippen molar-refractivity contribution in [2.45, 2.75) is 13.8 Å². The lowest BCUT2D eigenvalue weighted by atomic mass is 10.1. The highest BCUT2D eigenvalue weighted by molar-refractivity contribution is 6.02. The average Bonchev–Trinajstić information content (AvgIpc) is 2.76. The maximum absolute atomic E-state index is 11.4. The Morgan fingerprint density at radius 3 is 2.83 bits per heavy atom. The van der Waals surface area contributed by atoms with Crippen molar-refractivity contribution in [1.29, 1.82) is 0 Å². The number of hydrogen-bond acceptors (Lipinski definition) is 4. The van der Waals surface area contributed by atoms with Crippen LogP contribution < -0.4 is 9.47 Å². The molecular formula is C14H19NO3. The fourth-order valence-electron chi connectivity index (χ4n) is 2.00. The van der Waals surface area contributed by atoms with E-state index < -0.39 is 0 Å². The standard InChI is InChI=1S/C14H19NO3/c1-3-15(4-2)7-8-17-11-5-6-12-13(16)10-18-14(12)9-11/h5-6,9H,3-4,7-8,10H2,1-2H3. The fraction of sp³-hybridized carbons (Fsp3) is 0.500. The topological polar surface area (TPSA) is 38.8 Å². The summed E-state index contributed by atoms with van der Waals surface area (Å²) in [6.45, 7) is 8.04. The summed E-state index contributed by atoms with van der Waals surface area (Å²) in [4.78, 5) is 13.7. The Hall–Kier alpha value is -1.55. The Bertz CT molecular complexity index is 427. The highest BCUT2D eigenvalue weighted by Gasteiger charge is 2.21. The van der Waals surface area contributed by atoms with Crippen molar-refractivity contribution in [3.05, 3.63) is 23.8 Å². The summed E-state index contributed by atoms with van der Waals surface area (Å²) in [6, 6.07) is 5.40. The number of hydrogen-bond donors (Lipinski definition) is 0. The number of nitrogens with zero attached hydrogens (tertiary/aromatic N) is 1. The van der Waals surface area contributed by atoms with Gasteiger partial charge < -0.3 is 14.4 Å². The van der Waals surface area contributed by atoms with Crippen molar-refractivity contribution >= 4 is 5.78 Å². The number of carbonyl (C=O) groups excluding carboxylic acids is 1. The predicted octanol–water partition coefficient (Wildman–Crippen LogP) is 1.98. The number of fused-ring (bicyclic) bond motifs is 1. The number of carbonyl (C=O) groups is 1. The molecule has 0 amide bonds. The van der Waals surface area contributed by atoms with Crippen molar-refractivity contribution in [2.24, 2.45) is 0 Å². The Kier molecular flexibility index (Phi) is 4.20. The lowest BCUT2D eigenvalue weighted by Crippen LogP contribution is -2.27. The van der Waals surface area contributed by atoms with Gasteiger partial charge in [-0.3, -0.25) is 4.79 Å². The molecular weight excluding hydrogens is 230 g/mol. The van der Waals surface area contributed by atoms with Crippen LogP contribution in [-0.2, 0) is 0 Å². The summed E-state index contributed by atoms with van der Waals surface area (Å²) in [5.74, 6) is 1.44. The summed E-state index contributed by atoms with van der Waals surface area (Å²) in [7, 11) is 0. The average molecular weight is 249 g/mol. The molecule has 0 saturated carbocycles. The molecule has 1 aliphatic rings. The first-order valence-electron chi connectivity index (χ1n) is 6.39. The minimum Gasteiger partial charge on any atom is -0.492 e. The minimum absolute atomic E-state index is 0.0414. The predicted molar refractivity (Wildman–Crippen MR) is 69.6 cm³/mol. The Morgan fingerprint density at radius 1 is 1.33 bits per heavy atom. The SMILES string of the molecule is CCN(CC)CCOc1ccc2c(c1)OCC2=O. The van der Waals surface area contributed by atoms with Crippen molar-refractivity contribution in [2.75, 3.05) is 32.8 Å². The summed E-state index contributed by atoms with van der Waals surface area (Å²) in [6.07, 6.45) is 0. The van der Waals surface area contributed by atoms with Crippen LogP contribution in [-0.4, -0.2) is 43.5 Å². The maximum Gasteiger partial charge on any atom is 0.203 e. The molecule has 0 atom stereocenters. The Balaban J connectivity index is 1.89. The number of Topliss-reactive ketones (excluding diaryl/α,β-unsaturated/α-hetero) is 1. The minimum atomic E-state index is 0.0414. The van der Waals surface area contributed by atoms with E-state index in [1.165, 1.54) is 0 Å². The van der Waals surface area contributed by atoms with Gasteiger partial charge in [-0.25, -0.2) is 0 Å². The van der Waals surface area contributed by atoms with Crippen LogP contribution in [0.15, 0.2) is 18.2 Å². The van der Waals surface area contributed by atoms with E-state index in [1.807, 2.05) is 6.07 Å². The number of benzene rings is 1. The number of ether oxygens (including phenoxy) is 2. The second-order valence-corrected chi connectivity index (χ2v) is 4.25. The summed E-state index contributed by atoms with van der Waals surface area (Å²) < 4.78 is 10.9. The lowest BCUT2D eigenvalue weighted by molar-refractivity contribution is 0.0961. The third-order valence-corrected chi connectivity index (χ3v) is 3.18. The van der Waals surface area contributed by atoms with Gasteiger partial charge in [-0.15, -0.1) is 0 Å². The quantitative estimate of drug-likeness (QED) is 0.772. The van der Waals surface area contributed by atoms with Gasteiger partial charge in [0.15, 0.2) is 6.61 Å². The van der Waals surface area contributed by atoms with Gasteiger partial charge in [0, 0.05) is 12.6 Å². The Morgan fingerprint density at radius 2 is 2.11 bits per heavy atom. The third kappa shape index (κ3) is 2.82. The molecule has 1 aromatic carbocycles. The van der Waals surface area contributed by atoms with Gasteiger partial charge in [0.1, 0.15) is 18.1 Å². The molecule has 18 heavy (non-hydrogen) atoms. The van der Waals surface area contributed by atoms with Crippen LogP contribution in [0.4, 0.5) is 0 Å². The smallest absolute Gasteiger partial charge is 0.203 e. The van der Waals surface area contributed by atoms with E-state index in [-0.39, 0.29) is 12.4 Å². The zero-order valence-electron chi connectivity index (χ0n) is 10.9. The van der Waals surface area contributed by atoms with Crippen LogP contribution >= 0.6 is 0 Å². The van der Waals surface area contributed by atoms with Crippen LogP contribution in [0.1, 0.15) is 24.2 Å². The lowest BCUT2D eigenvalue weighted by Gasteiger charge is -2.18. The molecule has 0 fully saturated rings. The van der Waals surface area contributed by atoms with Gasteiger partial charge in [0.05, 0.1) is 5.56 Å². The zero-order valence-corrected chi connectivity index (χ0v) is 10.9. The van der Waals surface area contributed by atoms with Crippen LogP contribution in [0, 0.1) is 0 Å². The number of likely N-dealkylation sites (N-methyl/N-ethyl adjacent to an activating group) is 1. The highest BCUT2D eigenvalue weighted by Crippen LogP contribution is 2.29. The maximum atomic E-state index is 11.4. The number of rotatable bonds is 6. The monoisotopic (exact) mass is 249 g/mol. The van der Waals surface area contributed by atoms with Crippen LogP contribution in [0.25, 0.3) is 0 Å². The van der Waals surface area contributed by atoms with Gasteiger partial charge in [0.25, 0.3) is 0 Å². The van der Waals surface area contributed by atoms with E-state index in [0.717, 1.165) is 25.4 Å². The normalized spacial score (nSPS) is 13.6. The molecule has 0 aliphatic carbocycles. The van der Waals surface area contributed by atoms with Gasteiger partial charge in [-0.2, -0.15) is 0 Å². The van der Waals surface area contributed by atoms with Crippen molar-refractivity contribution < 1.29 is 14.3 Å².